The Morgan fingerprint density at radius 2 is 2.24 bits per heavy atom. The molecule has 5 nitrogen and oxygen atoms in total. The van der Waals surface area contributed by atoms with E-state index < -0.39 is 0 Å². The van der Waals surface area contributed by atoms with Crippen molar-refractivity contribution < 1.29 is 9.53 Å². The third-order valence-electron chi connectivity index (χ3n) is 3.64. The van der Waals surface area contributed by atoms with Gasteiger partial charge < -0.3 is 15.4 Å². The van der Waals surface area contributed by atoms with E-state index >= 15 is 0 Å². The molecule has 1 aromatic heterocycles. The quantitative estimate of drug-likeness (QED) is 0.782. The van der Waals surface area contributed by atoms with Gasteiger partial charge in [-0.25, -0.2) is 9.78 Å². The van der Waals surface area contributed by atoms with Crippen molar-refractivity contribution in [3.05, 3.63) is 17.8 Å². The molecule has 0 atom stereocenters. The number of esters is 1. The Morgan fingerprint density at radius 3 is 2.81 bits per heavy atom. The number of aromatic nitrogens is 1. The number of anilines is 2. The SMILES string of the molecule is CCOC(=O)c1cc(N(CCC(C)C)C2CC2)ncc1N. The number of nitrogen functional groups attached to an aromatic ring is 1. The molecule has 1 saturated carbocycles. The summed E-state index contributed by atoms with van der Waals surface area (Å²) in [6.07, 6.45) is 5.06. The van der Waals surface area contributed by atoms with Crippen molar-refractivity contribution in [3.8, 4) is 0 Å². The molecule has 1 aliphatic carbocycles. The summed E-state index contributed by atoms with van der Waals surface area (Å²) in [5, 5.41) is 0. The summed E-state index contributed by atoms with van der Waals surface area (Å²) in [4.78, 5) is 18.7. The maximum atomic E-state index is 11.9. The van der Waals surface area contributed by atoms with E-state index in [0.29, 0.717) is 29.8 Å². The number of hydrogen-bond acceptors (Lipinski definition) is 5. The van der Waals surface area contributed by atoms with Crippen LogP contribution in [0.5, 0.6) is 0 Å². The number of pyridine rings is 1. The van der Waals surface area contributed by atoms with Crippen molar-refractivity contribution >= 4 is 17.5 Å². The van der Waals surface area contributed by atoms with Crippen LogP contribution < -0.4 is 10.6 Å². The fourth-order valence-electron chi connectivity index (χ4n) is 2.27. The Labute approximate surface area is 126 Å². The molecule has 0 saturated heterocycles. The first-order valence-corrected chi connectivity index (χ1v) is 7.72. The molecule has 2 rings (SSSR count). The first-order valence-electron chi connectivity index (χ1n) is 7.72. The normalized spacial score (nSPS) is 14.3. The van der Waals surface area contributed by atoms with Crippen LogP contribution in [0.1, 0.15) is 50.4 Å². The molecule has 2 N–H and O–H groups in total. The highest BCUT2D eigenvalue weighted by Gasteiger charge is 2.30. The number of nitrogens with zero attached hydrogens (tertiary/aromatic N) is 2. The van der Waals surface area contributed by atoms with Gasteiger partial charge >= 0.3 is 5.97 Å². The molecule has 0 spiro atoms. The number of rotatable bonds is 7. The zero-order chi connectivity index (χ0) is 15.4. The van der Waals surface area contributed by atoms with Crippen molar-refractivity contribution in [1.29, 1.82) is 0 Å². The molecular formula is C16H25N3O2. The van der Waals surface area contributed by atoms with Crippen molar-refractivity contribution in [2.24, 2.45) is 5.92 Å². The predicted molar refractivity (Wildman–Crippen MR) is 84.4 cm³/mol. The van der Waals surface area contributed by atoms with Gasteiger partial charge in [-0.1, -0.05) is 13.8 Å². The molecule has 21 heavy (non-hydrogen) atoms. The van der Waals surface area contributed by atoms with E-state index in [1.807, 2.05) is 0 Å². The zero-order valence-corrected chi connectivity index (χ0v) is 13.1. The highest BCUT2D eigenvalue weighted by atomic mass is 16.5. The molecule has 0 radical (unpaired) electrons. The third-order valence-corrected chi connectivity index (χ3v) is 3.64. The fraction of sp³-hybridized carbons (Fsp3) is 0.625. The lowest BCUT2D eigenvalue weighted by Gasteiger charge is -2.25. The van der Waals surface area contributed by atoms with E-state index in [0.717, 1.165) is 18.8 Å². The minimum atomic E-state index is -0.377. The van der Waals surface area contributed by atoms with Crippen molar-refractivity contribution in [3.63, 3.8) is 0 Å². The number of hydrogen-bond donors (Lipinski definition) is 1. The van der Waals surface area contributed by atoms with Gasteiger partial charge in [0, 0.05) is 12.6 Å². The lowest BCUT2D eigenvalue weighted by atomic mass is 10.1. The molecule has 0 bridgehead atoms. The molecule has 0 unspecified atom stereocenters. The van der Waals surface area contributed by atoms with E-state index in [1.54, 1.807) is 19.2 Å². The van der Waals surface area contributed by atoms with Crippen molar-refractivity contribution in [2.75, 3.05) is 23.8 Å². The molecule has 0 aliphatic heterocycles. The van der Waals surface area contributed by atoms with Crippen LogP contribution in [0.2, 0.25) is 0 Å². The molecular weight excluding hydrogens is 266 g/mol. The fourth-order valence-corrected chi connectivity index (χ4v) is 2.27. The van der Waals surface area contributed by atoms with Gasteiger partial charge in [0.2, 0.25) is 0 Å². The summed E-state index contributed by atoms with van der Waals surface area (Å²) in [7, 11) is 0. The summed E-state index contributed by atoms with van der Waals surface area (Å²) in [5.41, 5.74) is 6.64. The van der Waals surface area contributed by atoms with Gasteiger partial charge in [0.15, 0.2) is 0 Å². The minimum Gasteiger partial charge on any atom is -0.462 e. The Kier molecular flexibility index (Phi) is 5.04. The first-order chi connectivity index (χ1) is 10.0. The predicted octanol–water partition coefficient (Wildman–Crippen LogP) is 2.86. The van der Waals surface area contributed by atoms with Crippen LogP contribution in [0, 0.1) is 5.92 Å². The van der Waals surface area contributed by atoms with Gasteiger partial charge in [-0.15, -0.1) is 0 Å². The van der Waals surface area contributed by atoms with Gasteiger partial charge in [0.1, 0.15) is 5.82 Å². The van der Waals surface area contributed by atoms with Crippen LogP contribution in [-0.2, 0) is 4.74 Å². The average Bonchev–Trinajstić information content (AvgIpc) is 3.25. The van der Waals surface area contributed by atoms with Crippen LogP contribution in [-0.4, -0.2) is 30.1 Å². The molecule has 0 aromatic carbocycles. The molecule has 0 amide bonds. The van der Waals surface area contributed by atoms with Crippen LogP contribution >= 0.6 is 0 Å². The Morgan fingerprint density at radius 1 is 1.52 bits per heavy atom. The van der Waals surface area contributed by atoms with Gasteiger partial charge in [0.05, 0.1) is 24.1 Å². The Bertz CT molecular complexity index is 498. The second kappa shape index (κ2) is 6.78. The second-order valence-electron chi connectivity index (χ2n) is 5.96. The second-order valence-corrected chi connectivity index (χ2v) is 5.96. The lowest BCUT2D eigenvalue weighted by molar-refractivity contribution is 0.0527. The monoisotopic (exact) mass is 291 g/mol. The van der Waals surface area contributed by atoms with E-state index in [4.69, 9.17) is 10.5 Å². The topological polar surface area (TPSA) is 68.5 Å². The minimum absolute atomic E-state index is 0.343. The summed E-state index contributed by atoms with van der Waals surface area (Å²) >= 11 is 0. The van der Waals surface area contributed by atoms with Crippen LogP contribution in [0.25, 0.3) is 0 Å². The lowest BCUT2D eigenvalue weighted by Crippen LogP contribution is -2.29. The highest BCUT2D eigenvalue weighted by molar-refractivity contribution is 5.95. The van der Waals surface area contributed by atoms with Crippen LogP contribution in [0.4, 0.5) is 11.5 Å². The largest absolute Gasteiger partial charge is 0.462 e. The van der Waals surface area contributed by atoms with Gasteiger partial charge in [-0.2, -0.15) is 0 Å². The maximum absolute atomic E-state index is 11.9. The molecule has 1 heterocycles. The van der Waals surface area contributed by atoms with Gasteiger partial charge in [0.25, 0.3) is 0 Å². The van der Waals surface area contributed by atoms with Crippen LogP contribution in [0.3, 0.4) is 0 Å². The number of carbonyl (C=O) groups is 1. The molecule has 1 aliphatic rings. The molecule has 1 fully saturated rings. The molecule has 5 heteroatoms. The summed E-state index contributed by atoms with van der Waals surface area (Å²) in [5.74, 6) is 1.10. The maximum Gasteiger partial charge on any atom is 0.340 e. The average molecular weight is 291 g/mol. The third kappa shape index (κ3) is 4.09. The van der Waals surface area contributed by atoms with E-state index in [-0.39, 0.29) is 5.97 Å². The van der Waals surface area contributed by atoms with Gasteiger partial charge in [-0.3, -0.25) is 0 Å². The molecule has 116 valence electrons. The number of ether oxygens (including phenoxy) is 1. The van der Waals surface area contributed by atoms with E-state index in [2.05, 4.69) is 23.7 Å². The summed E-state index contributed by atoms with van der Waals surface area (Å²) in [6.45, 7) is 7.52. The first kappa shape index (κ1) is 15.6. The molecule has 1 aromatic rings. The van der Waals surface area contributed by atoms with Crippen molar-refractivity contribution in [2.45, 2.75) is 46.1 Å². The number of carbonyl (C=O) groups excluding carboxylic acids is 1. The van der Waals surface area contributed by atoms with E-state index in [1.165, 1.54) is 12.8 Å². The summed E-state index contributed by atoms with van der Waals surface area (Å²) < 4.78 is 5.05. The standard InChI is InChI=1S/C16H25N3O2/c1-4-21-16(20)13-9-15(18-10-14(13)17)19(12-5-6-12)8-7-11(2)3/h9-12H,4-8,17H2,1-3H3. The highest BCUT2D eigenvalue weighted by Crippen LogP contribution is 2.32. The smallest absolute Gasteiger partial charge is 0.340 e. The Hall–Kier alpha value is -1.78. The van der Waals surface area contributed by atoms with Crippen molar-refractivity contribution in [1.82, 2.24) is 4.98 Å². The van der Waals surface area contributed by atoms with E-state index in [9.17, 15) is 4.79 Å². The number of nitrogens with two attached hydrogens (primary N) is 1. The van der Waals surface area contributed by atoms with Crippen LogP contribution in [0.15, 0.2) is 12.3 Å². The summed E-state index contributed by atoms with van der Waals surface area (Å²) in [6, 6.07) is 2.32. The zero-order valence-electron chi connectivity index (χ0n) is 13.1. The Balaban J connectivity index is 2.20. The van der Waals surface area contributed by atoms with Gasteiger partial charge in [-0.05, 0) is 38.2 Å².